The van der Waals surface area contributed by atoms with Gasteiger partial charge < -0.3 is 10.6 Å². The van der Waals surface area contributed by atoms with Gasteiger partial charge in [-0.2, -0.15) is 0 Å². The Hall–Kier alpha value is -0.610. The van der Waals surface area contributed by atoms with Crippen molar-refractivity contribution in [1.29, 1.82) is 0 Å². The zero-order valence-electron chi connectivity index (χ0n) is 12.2. The summed E-state index contributed by atoms with van der Waals surface area (Å²) in [7, 11) is 0. The Kier molecular flexibility index (Phi) is 7.28. The van der Waals surface area contributed by atoms with Gasteiger partial charge in [0, 0.05) is 18.6 Å². The zero-order chi connectivity index (χ0) is 13.4. The van der Waals surface area contributed by atoms with Crippen LogP contribution in [0.4, 0.5) is 0 Å². The van der Waals surface area contributed by atoms with Crippen molar-refractivity contribution in [2.24, 2.45) is 0 Å². The zero-order valence-corrected chi connectivity index (χ0v) is 12.2. The molecule has 4 nitrogen and oxygen atoms in total. The maximum Gasteiger partial charge on any atom is 0.234 e. The third kappa shape index (κ3) is 4.94. The van der Waals surface area contributed by atoms with Crippen molar-refractivity contribution in [3.8, 4) is 0 Å². The van der Waals surface area contributed by atoms with E-state index in [9.17, 15) is 4.79 Å². The van der Waals surface area contributed by atoms with Crippen molar-refractivity contribution in [2.75, 3.05) is 26.2 Å². The van der Waals surface area contributed by atoms with Gasteiger partial charge in [-0.3, -0.25) is 9.69 Å². The summed E-state index contributed by atoms with van der Waals surface area (Å²) in [5, 5.41) is 6.46. The Labute approximate surface area is 111 Å². The molecule has 1 amide bonds. The maximum atomic E-state index is 11.7. The van der Waals surface area contributed by atoms with E-state index in [-0.39, 0.29) is 5.91 Å². The first-order valence-corrected chi connectivity index (χ1v) is 7.43. The minimum atomic E-state index is 0.159. The molecule has 0 spiro atoms. The Morgan fingerprint density at radius 2 is 2.17 bits per heavy atom. The van der Waals surface area contributed by atoms with Crippen molar-refractivity contribution in [3.63, 3.8) is 0 Å². The molecule has 0 aromatic heterocycles. The van der Waals surface area contributed by atoms with Gasteiger partial charge in [-0.25, -0.2) is 0 Å². The number of hydrogen-bond donors (Lipinski definition) is 2. The summed E-state index contributed by atoms with van der Waals surface area (Å²) in [4.78, 5) is 14.1. The standard InChI is InChI=1S/C14H29N3O/c1-4-9-16-12(3)13-8-6-7-10-17(13)11-14(18)15-5-2/h12-13,16H,4-11H2,1-3H3,(H,15,18). The van der Waals surface area contributed by atoms with Crippen LogP contribution in [-0.4, -0.2) is 49.1 Å². The fraction of sp³-hybridized carbons (Fsp3) is 0.929. The fourth-order valence-electron chi connectivity index (χ4n) is 2.72. The molecule has 1 rings (SSSR count). The summed E-state index contributed by atoms with van der Waals surface area (Å²) in [5.74, 6) is 0.159. The third-order valence-electron chi connectivity index (χ3n) is 3.68. The molecule has 1 fully saturated rings. The molecular weight excluding hydrogens is 226 g/mol. The number of piperidine rings is 1. The molecule has 0 aliphatic carbocycles. The lowest BCUT2D eigenvalue weighted by Crippen LogP contribution is -2.53. The smallest absolute Gasteiger partial charge is 0.234 e. The molecule has 2 N–H and O–H groups in total. The largest absolute Gasteiger partial charge is 0.355 e. The van der Waals surface area contributed by atoms with E-state index in [1.807, 2.05) is 6.92 Å². The Balaban J connectivity index is 2.47. The van der Waals surface area contributed by atoms with E-state index in [1.165, 1.54) is 19.3 Å². The molecule has 0 bridgehead atoms. The number of carbonyl (C=O) groups is 1. The van der Waals surface area contributed by atoms with E-state index in [0.29, 0.717) is 18.6 Å². The van der Waals surface area contributed by atoms with Gasteiger partial charge in [0.15, 0.2) is 0 Å². The summed E-state index contributed by atoms with van der Waals surface area (Å²) in [6.07, 6.45) is 4.87. The van der Waals surface area contributed by atoms with Gasteiger partial charge in [0.2, 0.25) is 5.91 Å². The number of rotatable bonds is 7. The van der Waals surface area contributed by atoms with Crippen LogP contribution in [-0.2, 0) is 4.79 Å². The van der Waals surface area contributed by atoms with Crippen LogP contribution in [0, 0.1) is 0 Å². The van der Waals surface area contributed by atoms with Crippen molar-refractivity contribution in [2.45, 2.75) is 58.5 Å². The van der Waals surface area contributed by atoms with Gasteiger partial charge >= 0.3 is 0 Å². The minimum absolute atomic E-state index is 0.159. The van der Waals surface area contributed by atoms with Crippen molar-refractivity contribution < 1.29 is 4.79 Å². The van der Waals surface area contributed by atoms with Crippen LogP contribution < -0.4 is 10.6 Å². The topological polar surface area (TPSA) is 44.4 Å². The lowest BCUT2D eigenvalue weighted by Gasteiger charge is -2.39. The number of nitrogens with one attached hydrogen (secondary N) is 2. The normalized spacial score (nSPS) is 22.7. The molecule has 1 aliphatic rings. The van der Waals surface area contributed by atoms with Crippen molar-refractivity contribution in [3.05, 3.63) is 0 Å². The van der Waals surface area contributed by atoms with E-state index in [1.54, 1.807) is 0 Å². The first kappa shape index (κ1) is 15.4. The monoisotopic (exact) mass is 255 g/mol. The van der Waals surface area contributed by atoms with Crippen molar-refractivity contribution >= 4 is 5.91 Å². The highest BCUT2D eigenvalue weighted by atomic mass is 16.2. The number of nitrogens with zero attached hydrogens (tertiary/aromatic N) is 1. The summed E-state index contributed by atoms with van der Waals surface area (Å²) >= 11 is 0. The molecule has 4 heteroatoms. The average molecular weight is 255 g/mol. The number of likely N-dealkylation sites (tertiary alicyclic amines) is 1. The highest BCUT2D eigenvalue weighted by molar-refractivity contribution is 5.78. The van der Waals surface area contributed by atoms with Gasteiger partial charge in [0.05, 0.1) is 6.54 Å². The van der Waals surface area contributed by atoms with E-state index < -0.39 is 0 Å². The number of likely N-dealkylation sites (N-methyl/N-ethyl adjacent to an activating group) is 1. The molecule has 0 aromatic carbocycles. The lowest BCUT2D eigenvalue weighted by atomic mass is 9.96. The molecule has 106 valence electrons. The molecule has 1 heterocycles. The van der Waals surface area contributed by atoms with Gasteiger partial charge in [0.25, 0.3) is 0 Å². The Morgan fingerprint density at radius 3 is 2.83 bits per heavy atom. The Bertz CT molecular complexity index is 245. The second-order valence-electron chi connectivity index (χ2n) is 5.23. The van der Waals surface area contributed by atoms with Crippen LogP contribution in [0.15, 0.2) is 0 Å². The molecule has 1 saturated heterocycles. The van der Waals surface area contributed by atoms with E-state index >= 15 is 0 Å². The van der Waals surface area contributed by atoms with Gasteiger partial charge in [-0.05, 0) is 46.2 Å². The fourth-order valence-corrected chi connectivity index (χ4v) is 2.72. The van der Waals surface area contributed by atoms with E-state index in [2.05, 4.69) is 29.4 Å². The molecule has 2 unspecified atom stereocenters. The highest BCUT2D eigenvalue weighted by Crippen LogP contribution is 2.19. The molecule has 1 aliphatic heterocycles. The van der Waals surface area contributed by atoms with Crippen LogP contribution in [0.1, 0.15) is 46.5 Å². The lowest BCUT2D eigenvalue weighted by molar-refractivity contribution is -0.123. The summed E-state index contributed by atoms with van der Waals surface area (Å²) in [6.45, 7) is 9.80. The number of hydrogen-bond acceptors (Lipinski definition) is 3. The second kappa shape index (κ2) is 8.48. The molecule has 0 aromatic rings. The first-order chi connectivity index (χ1) is 8.69. The predicted molar refractivity (Wildman–Crippen MR) is 75.7 cm³/mol. The van der Waals surface area contributed by atoms with Gasteiger partial charge in [-0.15, -0.1) is 0 Å². The second-order valence-corrected chi connectivity index (χ2v) is 5.23. The Morgan fingerprint density at radius 1 is 1.39 bits per heavy atom. The quantitative estimate of drug-likeness (QED) is 0.722. The van der Waals surface area contributed by atoms with E-state index in [4.69, 9.17) is 0 Å². The molecule has 2 atom stereocenters. The molecule has 0 saturated carbocycles. The first-order valence-electron chi connectivity index (χ1n) is 7.43. The average Bonchev–Trinajstić information content (AvgIpc) is 2.37. The van der Waals surface area contributed by atoms with E-state index in [0.717, 1.165) is 26.1 Å². The van der Waals surface area contributed by atoms with Crippen LogP contribution in [0.2, 0.25) is 0 Å². The SMILES string of the molecule is CCCNC(C)C1CCCCN1CC(=O)NCC. The molecule has 0 radical (unpaired) electrons. The maximum absolute atomic E-state index is 11.7. The number of amides is 1. The van der Waals surface area contributed by atoms with Crippen LogP contribution in [0.3, 0.4) is 0 Å². The number of carbonyl (C=O) groups excluding carboxylic acids is 1. The summed E-state index contributed by atoms with van der Waals surface area (Å²) < 4.78 is 0. The van der Waals surface area contributed by atoms with Gasteiger partial charge in [0.1, 0.15) is 0 Å². The van der Waals surface area contributed by atoms with Crippen LogP contribution in [0.5, 0.6) is 0 Å². The van der Waals surface area contributed by atoms with Crippen molar-refractivity contribution in [1.82, 2.24) is 15.5 Å². The summed E-state index contributed by atoms with van der Waals surface area (Å²) in [6, 6.07) is 0.979. The molecular formula is C14H29N3O. The molecule has 18 heavy (non-hydrogen) atoms. The van der Waals surface area contributed by atoms with Gasteiger partial charge in [-0.1, -0.05) is 13.3 Å². The summed E-state index contributed by atoms with van der Waals surface area (Å²) in [5.41, 5.74) is 0. The third-order valence-corrected chi connectivity index (χ3v) is 3.68. The minimum Gasteiger partial charge on any atom is -0.355 e. The predicted octanol–water partition coefficient (Wildman–Crippen LogP) is 1.37. The highest BCUT2D eigenvalue weighted by Gasteiger charge is 2.28. The van der Waals surface area contributed by atoms with Crippen LogP contribution in [0.25, 0.3) is 0 Å². The van der Waals surface area contributed by atoms with Crippen LogP contribution >= 0.6 is 0 Å².